The van der Waals surface area contributed by atoms with Crippen molar-refractivity contribution in [2.75, 3.05) is 6.54 Å². The lowest BCUT2D eigenvalue weighted by Gasteiger charge is -2.35. The van der Waals surface area contributed by atoms with Crippen LogP contribution < -0.4 is 5.32 Å². The molecule has 4 heteroatoms. The Kier molecular flexibility index (Phi) is 3.49. The zero-order valence-electron chi connectivity index (χ0n) is 12.5. The first-order chi connectivity index (χ1) is 8.32. The average Bonchev–Trinajstić information content (AvgIpc) is 2.69. The molecule has 1 aromatic heterocycles. The first-order valence-corrected chi connectivity index (χ1v) is 6.98. The monoisotopic (exact) mass is 250 g/mol. The third-order valence-electron chi connectivity index (χ3n) is 4.02. The van der Waals surface area contributed by atoms with Crippen LogP contribution in [0.25, 0.3) is 0 Å². The summed E-state index contributed by atoms with van der Waals surface area (Å²) in [6, 6.07) is 0.298. The van der Waals surface area contributed by atoms with Gasteiger partial charge in [-0.1, -0.05) is 41.5 Å². The van der Waals surface area contributed by atoms with E-state index in [1.807, 2.05) is 0 Å². The zero-order valence-corrected chi connectivity index (χ0v) is 12.5. The van der Waals surface area contributed by atoms with Gasteiger partial charge in [-0.05, 0) is 11.3 Å². The van der Waals surface area contributed by atoms with Gasteiger partial charge in [-0.15, -0.1) is 10.2 Å². The second kappa shape index (κ2) is 4.65. The van der Waals surface area contributed by atoms with E-state index >= 15 is 0 Å². The minimum Gasteiger partial charge on any atom is -0.312 e. The highest BCUT2D eigenvalue weighted by atomic mass is 15.3. The Morgan fingerprint density at radius 2 is 1.89 bits per heavy atom. The van der Waals surface area contributed by atoms with Crippen LogP contribution >= 0.6 is 0 Å². The van der Waals surface area contributed by atoms with Crippen LogP contribution in [-0.2, 0) is 6.54 Å². The summed E-state index contributed by atoms with van der Waals surface area (Å²) in [6.07, 6.45) is 0. The fourth-order valence-electron chi connectivity index (χ4n) is 2.51. The molecular weight excluding hydrogens is 224 g/mol. The van der Waals surface area contributed by atoms with E-state index < -0.39 is 0 Å². The van der Waals surface area contributed by atoms with Crippen LogP contribution in [0.5, 0.6) is 0 Å². The summed E-state index contributed by atoms with van der Waals surface area (Å²) >= 11 is 0. The van der Waals surface area contributed by atoms with E-state index in [4.69, 9.17) is 0 Å². The van der Waals surface area contributed by atoms with Gasteiger partial charge in [0.05, 0.1) is 6.04 Å². The molecular formula is C14H26N4. The molecule has 0 spiro atoms. The van der Waals surface area contributed by atoms with Crippen LogP contribution in [0.15, 0.2) is 0 Å². The molecule has 2 heterocycles. The van der Waals surface area contributed by atoms with Gasteiger partial charge in [-0.3, -0.25) is 0 Å². The molecule has 2 atom stereocenters. The Hall–Kier alpha value is -0.900. The summed E-state index contributed by atoms with van der Waals surface area (Å²) in [4.78, 5) is 0. The molecule has 2 rings (SSSR count). The van der Waals surface area contributed by atoms with Crippen molar-refractivity contribution in [3.63, 3.8) is 0 Å². The van der Waals surface area contributed by atoms with Crippen molar-refractivity contribution >= 4 is 0 Å². The highest BCUT2D eigenvalue weighted by molar-refractivity contribution is 5.10. The molecule has 0 saturated heterocycles. The molecule has 0 fully saturated rings. The van der Waals surface area contributed by atoms with Crippen molar-refractivity contribution in [3.8, 4) is 0 Å². The second-order valence-electron chi connectivity index (χ2n) is 6.85. The maximum Gasteiger partial charge on any atom is 0.150 e. The molecule has 0 saturated carbocycles. The van der Waals surface area contributed by atoms with E-state index in [0.717, 1.165) is 24.7 Å². The fourth-order valence-corrected chi connectivity index (χ4v) is 2.51. The fraction of sp³-hybridized carbons (Fsp3) is 0.857. The molecule has 0 aromatic carbocycles. The quantitative estimate of drug-likeness (QED) is 0.877. The Bertz CT molecular complexity index is 414. The maximum absolute atomic E-state index is 4.46. The summed E-state index contributed by atoms with van der Waals surface area (Å²) in [6.45, 7) is 15.5. The lowest BCUT2D eigenvalue weighted by Crippen LogP contribution is -2.41. The molecule has 1 aliphatic heterocycles. The van der Waals surface area contributed by atoms with E-state index in [0.29, 0.717) is 17.9 Å². The highest BCUT2D eigenvalue weighted by Crippen LogP contribution is 2.35. The summed E-state index contributed by atoms with van der Waals surface area (Å²) in [5.74, 6) is 3.32. The summed E-state index contributed by atoms with van der Waals surface area (Å²) in [5.41, 5.74) is 0.170. The first kappa shape index (κ1) is 13.5. The van der Waals surface area contributed by atoms with Gasteiger partial charge in [0.2, 0.25) is 0 Å². The van der Waals surface area contributed by atoms with Crippen LogP contribution in [0.1, 0.15) is 65.2 Å². The summed E-state index contributed by atoms with van der Waals surface area (Å²) in [7, 11) is 0. The molecule has 2 unspecified atom stereocenters. The number of rotatable bonds is 2. The van der Waals surface area contributed by atoms with Gasteiger partial charge in [0.25, 0.3) is 0 Å². The van der Waals surface area contributed by atoms with Crippen molar-refractivity contribution in [1.29, 1.82) is 0 Å². The number of hydrogen-bond acceptors (Lipinski definition) is 3. The molecule has 0 aliphatic carbocycles. The van der Waals surface area contributed by atoms with Crippen molar-refractivity contribution in [2.45, 2.75) is 60.0 Å². The van der Waals surface area contributed by atoms with Crippen LogP contribution in [-0.4, -0.2) is 21.3 Å². The molecule has 1 aliphatic rings. The van der Waals surface area contributed by atoms with Gasteiger partial charge >= 0.3 is 0 Å². The summed E-state index contributed by atoms with van der Waals surface area (Å²) in [5, 5.41) is 12.5. The highest BCUT2D eigenvalue weighted by Gasteiger charge is 2.34. The molecule has 102 valence electrons. The minimum atomic E-state index is 0.170. The van der Waals surface area contributed by atoms with Crippen molar-refractivity contribution in [3.05, 3.63) is 11.6 Å². The van der Waals surface area contributed by atoms with Crippen molar-refractivity contribution < 1.29 is 0 Å². The Labute approximate surface area is 110 Å². The van der Waals surface area contributed by atoms with Gasteiger partial charge in [0.15, 0.2) is 5.82 Å². The van der Waals surface area contributed by atoms with Gasteiger partial charge in [0.1, 0.15) is 5.82 Å². The predicted octanol–water partition coefficient (Wildman–Crippen LogP) is 2.73. The number of nitrogens with one attached hydrogen (secondary N) is 1. The Balaban J connectivity index is 2.38. The maximum atomic E-state index is 4.46. The zero-order chi connectivity index (χ0) is 13.5. The average molecular weight is 250 g/mol. The van der Waals surface area contributed by atoms with Crippen LogP contribution in [0, 0.1) is 11.3 Å². The molecule has 0 amide bonds. The molecule has 4 nitrogen and oxygen atoms in total. The number of aromatic nitrogens is 3. The minimum absolute atomic E-state index is 0.170. The Morgan fingerprint density at radius 1 is 1.22 bits per heavy atom. The van der Waals surface area contributed by atoms with Gasteiger partial charge in [0, 0.05) is 19.0 Å². The number of fused-ring (bicyclic) bond motifs is 1. The van der Waals surface area contributed by atoms with E-state index in [-0.39, 0.29) is 5.41 Å². The SMILES string of the molecule is CC(C)C(C)c1nnc2n1CCNC2C(C)(C)C. The normalized spacial score (nSPS) is 22.1. The Morgan fingerprint density at radius 3 is 2.44 bits per heavy atom. The molecule has 1 aromatic rings. The van der Waals surface area contributed by atoms with Crippen LogP contribution in [0.2, 0.25) is 0 Å². The molecule has 0 bridgehead atoms. The van der Waals surface area contributed by atoms with Crippen molar-refractivity contribution in [1.82, 2.24) is 20.1 Å². The smallest absolute Gasteiger partial charge is 0.150 e. The van der Waals surface area contributed by atoms with E-state index in [1.54, 1.807) is 0 Å². The predicted molar refractivity (Wildman–Crippen MR) is 73.5 cm³/mol. The topological polar surface area (TPSA) is 42.7 Å². The third-order valence-corrected chi connectivity index (χ3v) is 4.02. The molecule has 1 N–H and O–H groups in total. The standard InChI is InChI=1S/C14H26N4/c1-9(2)10(3)12-16-17-13-11(14(4,5)6)15-7-8-18(12)13/h9-11,15H,7-8H2,1-6H3. The first-order valence-electron chi connectivity index (χ1n) is 6.98. The lowest BCUT2D eigenvalue weighted by atomic mass is 9.85. The largest absolute Gasteiger partial charge is 0.312 e. The third kappa shape index (κ3) is 2.30. The van der Waals surface area contributed by atoms with E-state index in [1.165, 1.54) is 0 Å². The van der Waals surface area contributed by atoms with E-state index in [2.05, 4.69) is 61.6 Å². The number of nitrogens with zero attached hydrogens (tertiary/aromatic N) is 3. The van der Waals surface area contributed by atoms with Gasteiger partial charge in [-0.2, -0.15) is 0 Å². The van der Waals surface area contributed by atoms with Gasteiger partial charge < -0.3 is 9.88 Å². The van der Waals surface area contributed by atoms with Crippen LogP contribution in [0.3, 0.4) is 0 Å². The van der Waals surface area contributed by atoms with Crippen molar-refractivity contribution in [2.24, 2.45) is 11.3 Å². The summed E-state index contributed by atoms with van der Waals surface area (Å²) < 4.78 is 2.33. The lowest BCUT2D eigenvalue weighted by molar-refractivity contribution is 0.231. The molecule has 0 radical (unpaired) electrons. The second-order valence-corrected chi connectivity index (χ2v) is 6.85. The van der Waals surface area contributed by atoms with Gasteiger partial charge in [-0.25, -0.2) is 0 Å². The number of hydrogen-bond donors (Lipinski definition) is 1. The van der Waals surface area contributed by atoms with Crippen LogP contribution in [0.4, 0.5) is 0 Å². The van der Waals surface area contributed by atoms with E-state index in [9.17, 15) is 0 Å². The molecule has 18 heavy (non-hydrogen) atoms.